The Hall–Kier alpha value is -2.16. The standard InChI is InChI=1S/C18H22N4O3S/c1-11-8-21(9-12(2)25-11)15(13-5-4-6-14(7-13)24-3)16-17(23)22-18(26-16)19-10-20-22/h4-7,10-12,15,23H,8-9H2,1-3H3/p+1/t11-,12-,15-/m0/s1. The minimum absolute atomic E-state index is 0.0348. The molecule has 1 aliphatic heterocycles. The topological polar surface area (TPSA) is 73.3 Å². The highest BCUT2D eigenvalue weighted by Gasteiger charge is 2.37. The number of morpholine rings is 1. The molecule has 2 N–H and O–H groups in total. The van der Waals surface area contributed by atoms with Crippen molar-refractivity contribution in [3.05, 3.63) is 41.0 Å². The fourth-order valence-electron chi connectivity index (χ4n) is 3.83. The third kappa shape index (κ3) is 3.04. The van der Waals surface area contributed by atoms with Crippen molar-refractivity contribution in [3.8, 4) is 11.6 Å². The van der Waals surface area contributed by atoms with Gasteiger partial charge in [0.2, 0.25) is 10.8 Å². The average molecular weight is 375 g/mol. The summed E-state index contributed by atoms with van der Waals surface area (Å²) in [5, 5.41) is 14.9. The van der Waals surface area contributed by atoms with Crippen molar-refractivity contribution in [2.24, 2.45) is 0 Å². The Bertz CT molecular complexity index is 899. The largest absolute Gasteiger partial charge is 0.497 e. The summed E-state index contributed by atoms with van der Waals surface area (Å²) in [5.74, 6) is 0.967. The lowest BCUT2D eigenvalue weighted by Gasteiger charge is -2.37. The number of aromatic nitrogens is 3. The molecule has 8 heteroatoms. The molecule has 1 fully saturated rings. The highest BCUT2D eigenvalue weighted by molar-refractivity contribution is 7.17. The molecule has 138 valence electrons. The first kappa shape index (κ1) is 17.3. The predicted molar refractivity (Wildman–Crippen MR) is 98.1 cm³/mol. The number of aromatic hydroxyl groups is 1. The van der Waals surface area contributed by atoms with E-state index in [-0.39, 0.29) is 24.1 Å². The van der Waals surface area contributed by atoms with E-state index in [1.165, 1.54) is 27.1 Å². The Morgan fingerprint density at radius 1 is 1.35 bits per heavy atom. The van der Waals surface area contributed by atoms with Crippen molar-refractivity contribution in [2.75, 3.05) is 20.2 Å². The molecule has 0 bridgehead atoms. The van der Waals surface area contributed by atoms with Crippen LogP contribution in [0.25, 0.3) is 4.96 Å². The van der Waals surface area contributed by atoms with E-state index in [1.54, 1.807) is 7.11 Å². The number of hydrogen-bond acceptors (Lipinski definition) is 6. The molecule has 3 atom stereocenters. The van der Waals surface area contributed by atoms with Gasteiger partial charge in [0.15, 0.2) is 6.04 Å². The van der Waals surface area contributed by atoms with Gasteiger partial charge in [0.05, 0.1) is 7.11 Å². The molecule has 0 unspecified atom stereocenters. The second-order valence-electron chi connectivity index (χ2n) is 6.78. The molecule has 1 aliphatic rings. The molecule has 0 amide bonds. The van der Waals surface area contributed by atoms with Crippen LogP contribution in [0.2, 0.25) is 0 Å². The summed E-state index contributed by atoms with van der Waals surface area (Å²) in [7, 11) is 1.67. The number of fused-ring (bicyclic) bond motifs is 1. The Morgan fingerprint density at radius 3 is 2.81 bits per heavy atom. The summed E-state index contributed by atoms with van der Waals surface area (Å²) in [4.78, 5) is 7.15. The van der Waals surface area contributed by atoms with Crippen molar-refractivity contribution in [1.29, 1.82) is 0 Å². The van der Waals surface area contributed by atoms with Gasteiger partial charge in [-0.25, -0.2) is 4.98 Å². The predicted octanol–water partition coefficient (Wildman–Crippen LogP) is 1.29. The third-order valence-corrected chi connectivity index (χ3v) is 5.90. The minimum atomic E-state index is -0.0348. The SMILES string of the molecule is COc1cccc([C@@H](c2sc3ncnn3c2O)[NH+]2C[C@H](C)O[C@@H](C)C2)c1. The molecular weight excluding hydrogens is 352 g/mol. The highest BCUT2D eigenvalue weighted by atomic mass is 32.1. The molecule has 0 radical (unpaired) electrons. The number of methoxy groups -OCH3 is 1. The lowest BCUT2D eigenvalue weighted by molar-refractivity contribution is -0.939. The van der Waals surface area contributed by atoms with Crippen LogP contribution in [0.1, 0.15) is 30.3 Å². The number of ether oxygens (including phenoxy) is 2. The molecule has 3 aromatic rings. The fourth-order valence-corrected chi connectivity index (χ4v) is 4.94. The molecule has 3 heterocycles. The first-order chi connectivity index (χ1) is 12.6. The van der Waals surface area contributed by atoms with Crippen LogP contribution in [0.15, 0.2) is 30.6 Å². The zero-order valence-corrected chi connectivity index (χ0v) is 15.9. The summed E-state index contributed by atoms with van der Waals surface area (Å²) >= 11 is 1.48. The van der Waals surface area contributed by atoms with Gasteiger partial charge in [-0.2, -0.15) is 9.61 Å². The zero-order valence-electron chi connectivity index (χ0n) is 15.0. The van der Waals surface area contributed by atoms with Crippen LogP contribution in [-0.4, -0.2) is 52.1 Å². The molecule has 26 heavy (non-hydrogen) atoms. The number of thiazole rings is 1. The minimum Gasteiger partial charge on any atom is -0.497 e. The normalized spacial score (nSPS) is 24.7. The summed E-state index contributed by atoms with van der Waals surface area (Å²) in [5.41, 5.74) is 1.10. The molecule has 4 rings (SSSR count). The Labute approximate surface area is 155 Å². The summed E-state index contributed by atoms with van der Waals surface area (Å²) in [6.07, 6.45) is 1.78. The molecule has 0 aliphatic carbocycles. The molecular formula is C18H23N4O3S+. The monoisotopic (exact) mass is 375 g/mol. The van der Waals surface area contributed by atoms with Gasteiger partial charge in [0.25, 0.3) is 0 Å². The zero-order chi connectivity index (χ0) is 18.3. The molecule has 7 nitrogen and oxygen atoms in total. The first-order valence-electron chi connectivity index (χ1n) is 8.72. The van der Waals surface area contributed by atoms with Crippen LogP contribution in [0.3, 0.4) is 0 Å². The maximum Gasteiger partial charge on any atom is 0.235 e. The van der Waals surface area contributed by atoms with E-state index >= 15 is 0 Å². The number of nitrogens with one attached hydrogen (secondary N) is 1. The van der Waals surface area contributed by atoms with E-state index in [4.69, 9.17) is 9.47 Å². The lowest BCUT2D eigenvalue weighted by atomic mass is 10.0. The third-order valence-electron chi connectivity index (χ3n) is 4.80. The van der Waals surface area contributed by atoms with Crippen LogP contribution >= 0.6 is 11.3 Å². The number of hydrogen-bond donors (Lipinski definition) is 2. The average Bonchev–Trinajstić information content (AvgIpc) is 3.19. The quantitative estimate of drug-likeness (QED) is 0.719. The second-order valence-corrected chi connectivity index (χ2v) is 7.79. The number of rotatable bonds is 4. The Morgan fingerprint density at radius 2 is 2.12 bits per heavy atom. The van der Waals surface area contributed by atoms with Crippen molar-refractivity contribution in [2.45, 2.75) is 32.1 Å². The van der Waals surface area contributed by atoms with Gasteiger partial charge >= 0.3 is 0 Å². The Balaban J connectivity index is 1.83. The fraction of sp³-hybridized carbons (Fsp3) is 0.444. The van der Waals surface area contributed by atoms with Crippen LogP contribution in [-0.2, 0) is 4.74 Å². The highest BCUT2D eigenvalue weighted by Crippen LogP contribution is 2.35. The van der Waals surface area contributed by atoms with Gasteiger partial charge in [-0.15, -0.1) is 0 Å². The summed E-state index contributed by atoms with van der Waals surface area (Å²) in [6, 6.07) is 8.01. The van der Waals surface area contributed by atoms with Crippen LogP contribution < -0.4 is 9.64 Å². The number of benzene rings is 1. The maximum atomic E-state index is 10.8. The van der Waals surface area contributed by atoms with E-state index in [9.17, 15) is 5.11 Å². The van der Waals surface area contributed by atoms with Gasteiger partial charge in [-0.1, -0.05) is 23.5 Å². The van der Waals surface area contributed by atoms with E-state index in [0.29, 0.717) is 4.96 Å². The van der Waals surface area contributed by atoms with Gasteiger partial charge < -0.3 is 19.5 Å². The molecule has 1 saturated heterocycles. The second kappa shape index (κ2) is 6.86. The van der Waals surface area contributed by atoms with E-state index < -0.39 is 0 Å². The van der Waals surface area contributed by atoms with Crippen LogP contribution in [0.4, 0.5) is 0 Å². The maximum absolute atomic E-state index is 10.8. The van der Waals surface area contributed by atoms with Gasteiger partial charge in [-0.3, -0.25) is 0 Å². The van der Waals surface area contributed by atoms with Crippen LogP contribution in [0, 0.1) is 0 Å². The molecule has 2 aromatic heterocycles. The van der Waals surface area contributed by atoms with Gasteiger partial charge in [-0.05, 0) is 26.0 Å². The molecule has 0 saturated carbocycles. The number of quaternary nitrogens is 1. The smallest absolute Gasteiger partial charge is 0.235 e. The summed E-state index contributed by atoms with van der Waals surface area (Å²) in [6.45, 7) is 5.92. The number of nitrogens with zero attached hydrogens (tertiary/aromatic N) is 3. The van der Waals surface area contributed by atoms with Crippen LogP contribution in [0.5, 0.6) is 11.6 Å². The Kier molecular flexibility index (Phi) is 4.56. The van der Waals surface area contributed by atoms with Crippen molar-refractivity contribution >= 4 is 16.3 Å². The van der Waals surface area contributed by atoms with Crippen molar-refractivity contribution in [1.82, 2.24) is 14.6 Å². The first-order valence-corrected chi connectivity index (χ1v) is 9.54. The van der Waals surface area contributed by atoms with Crippen molar-refractivity contribution in [3.63, 3.8) is 0 Å². The van der Waals surface area contributed by atoms with Gasteiger partial charge in [0.1, 0.15) is 42.3 Å². The van der Waals surface area contributed by atoms with E-state index in [0.717, 1.165) is 29.3 Å². The van der Waals surface area contributed by atoms with E-state index in [1.807, 2.05) is 18.2 Å². The van der Waals surface area contributed by atoms with E-state index in [2.05, 4.69) is 30.0 Å². The van der Waals surface area contributed by atoms with Crippen molar-refractivity contribution < 1.29 is 19.5 Å². The summed E-state index contributed by atoms with van der Waals surface area (Å²) < 4.78 is 12.8. The molecule has 0 spiro atoms. The van der Waals surface area contributed by atoms with Gasteiger partial charge in [0, 0.05) is 5.56 Å². The molecule has 1 aromatic carbocycles. The lowest BCUT2D eigenvalue weighted by Crippen LogP contribution is -3.15.